The van der Waals surface area contributed by atoms with Crippen molar-refractivity contribution in [2.24, 2.45) is 7.05 Å². The molecular formula is C15H19FN4. The van der Waals surface area contributed by atoms with Gasteiger partial charge in [-0.1, -0.05) is 17.3 Å². The molecule has 1 unspecified atom stereocenters. The maximum absolute atomic E-state index is 13.4. The van der Waals surface area contributed by atoms with Gasteiger partial charge in [0.05, 0.1) is 5.69 Å². The van der Waals surface area contributed by atoms with E-state index in [4.69, 9.17) is 0 Å². The minimum absolute atomic E-state index is 0.182. The second-order valence-corrected chi connectivity index (χ2v) is 5.52. The molecule has 0 aliphatic heterocycles. The van der Waals surface area contributed by atoms with Gasteiger partial charge in [-0.15, -0.1) is 5.10 Å². The Morgan fingerprint density at radius 1 is 1.45 bits per heavy atom. The van der Waals surface area contributed by atoms with Gasteiger partial charge in [-0.3, -0.25) is 4.68 Å². The molecule has 0 saturated heterocycles. The quantitative estimate of drug-likeness (QED) is 0.876. The number of halogens is 1. The van der Waals surface area contributed by atoms with E-state index >= 15 is 0 Å². The van der Waals surface area contributed by atoms with Gasteiger partial charge in [0.15, 0.2) is 0 Å². The Morgan fingerprint density at radius 2 is 2.30 bits per heavy atom. The molecule has 3 rings (SSSR count). The van der Waals surface area contributed by atoms with Crippen LogP contribution in [0, 0.1) is 5.82 Å². The summed E-state index contributed by atoms with van der Waals surface area (Å²) in [5, 5.41) is 11.6. The number of benzene rings is 1. The Kier molecular flexibility index (Phi) is 3.78. The summed E-state index contributed by atoms with van der Waals surface area (Å²) in [6.07, 6.45) is 5.20. The summed E-state index contributed by atoms with van der Waals surface area (Å²) in [5.74, 6) is 0.0427. The Morgan fingerprint density at radius 3 is 2.95 bits per heavy atom. The van der Waals surface area contributed by atoms with Crippen molar-refractivity contribution < 1.29 is 4.39 Å². The number of hydrogen-bond acceptors (Lipinski definition) is 3. The number of nitrogens with zero attached hydrogens (tertiary/aromatic N) is 3. The smallest absolute Gasteiger partial charge is 0.123 e. The van der Waals surface area contributed by atoms with Crippen LogP contribution < -0.4 is 5.32 Å². The molecule has 0 radical (unpaired) electrons. The SMILES string of the molecule is Cn1cc(CC(CNC2CC2)c2cccc(F)c2)nn1. The van der Waals surface area contributed by atoms with Crippen molar-refractivity contribution in [3.63, 3.8) is 0 Å². The summed E-state index contributed by atoms with van der Waals surface area (Å²) in [6.45, 7) is 0.852. The normalized spacial score (nSPS) is 16.3. The monoisotopic (exact) mass is 274 g/mol. The first-order valence-corrected chi connectivity index (χ1v) is 7.05. The zero-order valence-electron chi connectivity index (χ0n) is 11.6. The van der Waals surface area contributed by atoms with E-state index in [1.165, 1.54) is 18.9 Å². The highest BCUT2D eigenvalue weighted by atomic mass is 19.1. The van der Waals surface area contributed by atoms with Crippen molar-refractivity contribution in [2.45, 2.75) is 31.2 Å². The summed E-state index contributed by atoms with van der Waals surface area (Å²) >= 11 is 0. The van der Waals surface area contributed by atoms with Gasteiger partial charge in [0, 0.05) is 38.2 Å². The molecule has 4 nitrogen and oxygen atoms in total. The first-order valence-electron chi connectivity index (χ1n) is 7.05. The van der Waals surface area contributed by atoms with Crippen LogP contribution in [0.2, 0.25) is 0 Å². The lowest BCUT2D eigenvalue weighted by molar-refractivity contribution is 0.564. The highest BCUT2D eigenvalue weighted by Gasteiger charge is 2.23. The van der Waals surface area contributed by atoms with Gasteiger partial charge in [0.25, 0.3) is 0 Å². The largest absolute Gasteiger partial charge is 0.313 e. The van der Waals surface area contributed by atoms with E-state index < -0.39 is 0 Å². The number of rotatable bonds is 6. The zero-order valence-corrected chi connectivity index (χ0v) is 11.6. The molecule has 1 aliphatic rings. The Bertz CT molecular complexity index is 577. The molecule has 2 aromatic rings. The second-order valence-electron chi connectivity index (χ2n) is 5.52. The van der Waals surface area contributed by atoms with Crippen LogP contribution in [0.25, 0.3) is 0 Å². The van der Waals surface area contributed by atoms with E-state index in [-0.39, 0.29) is 11.7 Å². The summed E-state index contributed by atoms with van der Waals surface area (Å²) in [5.41, 5.74) is 1.96. The van der Waals surface area contributed by atoms with Crippen molar-refractivity contribution >= 4 is 0 Å². The fourth-order valence-electron chi connectivity index (χ4n) is 2.41. The molecular weight excluding hydrogens is 255 g/mol. The lowest BCUT2D eigenvalue weighted by Gasteiger charge is -2.17. The van der Waals surface area contributed by atoms with Crippen LogP contribution >= 0.6 is 0 Å². The summed E-state index contributed by atoms with van der Waals surface area (Å²) in [4.78, 5) is 0. The minimum atomic E-state index is -0.182. The van der Waals surface area contributed by atoms with Gasteiger partial charge >= 0.3 is 0 Å². The molecule has 1 aromatic heterocycles. The van der Waals surface area contributed by atoms with Crippen LogP contribution in [0.15, 0.2) is 30.5 Å². The van der Waals surface area contributed by atoms with E-state index in [2.05, 4.69) is 15.6 Å². The van der Waals surface area contributed by atoms with Crippen LogP contribution in [0.5, 0.6) is 0 Å². The Labute approximate surface area is 118 Å². The number of hydrogen-bond donors (Lipinski definition) is 1. The molecule has 1 aliphatic carbocycles. The second kappa shape index (κ2) is 5.71. The fraction of sp³-hybridized carbons (Fsp3) is 0.467. The third-order valence-corrected chi connectivity index (χ3v) is 3.66. The third kappa shape index (κ3) is 3.42. The lowest BCUT2D eigenvalue weighted by Crippen LogP contribution is -2.25. The fourth-order valence-corrected chi connectivity index (χ4v) is 2.41. The van der Waals surface area contributed by atoms with Gasteiger partial charge < -0.3 is 5.32 Å². The lowest BCUT2D eigenvalue weighted by atomic mass is 9.94. The number of aromatic nitrogens is 3. The Hall–Kier alpha value is -1.75. The van der Waals surface area contributed by atoms with Gasteiger partial charge in [-0.05, 0) is 30.5 Å². The highest BCUT2D eigenvalue weighted by molar-refractivity contribution is 5.23. The van der Waals surface area contributed by atoms with E-state index in [0.717, 1.165) is 24.2 Å². The number of nitrogens with one attached hydrogen (secondary N) is 1. The summed E-state index contributed by atoms with van der Waals surface area (Å²) in [6, 6.07) is 7.50. The third-order valence-electron chi connectivity index (χ3n) is 3.66. The van der Waals surface area contributed by atoms with Gasteiger partial charge in [-0.2, -0.15) is 0 Å². The molecule has 1 saturated carbocycles. The topological polar surface area (TPSA) is 42.7 Å². The standard InChI is InChI=1S/C15H19FN4/c1-20-10-15(18-19-20)8-12(9-17-14-5-6-14)11-3-2-4-13(16)7-11/h2-4,7,10,12,14,17H,5-6,8-9H2,1H3. The van der Waals surface area contributed by atoms with Crippen molar-refractivity contribution in [1.82, 2.24) is 20.3 Å². The molecule has 0 amide bonds. The predicted molar refractivity (Wildman–Crippen MR) is 74.9 cm³/mol. The van der Waals surface area contributed by atoms with Gasteiger partial charge in [0.1, 0.15) is 5.82 Å². The molecule has 1 aromatic carbocycles. The Balaban J connectivity index is 1.74. The number of aryl methyl sites for hydroxylation is 1. The minimum Gasteiger partial charge on any atom is -0.313 e. The van der Waals surface area contributed by atoms with Gasteiger partial charge in [-0.25, -0.2) is 4.39 Å². The first kappa shape index (κ1) is 13.2. The van der Waals surface area contributed by atoms with Crippen molar-refractivity contribution in [3.05, 3.63) is 47.5 Å². The average Bonchev–Trinajstić information content (AvgIpc) is 3.17. The molecule has 1 atom stereocenters. The van der Waals surface area contributed by atoms with Crippen molar-refractivity contribution in [3.8, 4) is 0 Å². The average molecular weight is 274 g/mol. The molecule has 1 fully saturated rings. The predicted octanol–water partition coefficient (Wildman–Crippen LogP) is 2.03. The van der Waals surface area contributed by atoms with E-state index in [9.17, 15) is 4.39 Å². The molecule has 1 N–H and O–H groups in total. The summed E-state index contributed by atoms with van der Waals surface area (Å²) < 4.78 is 15.1. The van der Waals surface area contributed by atoms with Crippen LogP contribution in [-0.4, -0.2) is 27.6 Å². The van der Waals surface area contributed by atoms with E-state index in [1.54, 1.807) is 16.8 Å². The maximum Gasteiger partial charge on any atom is 0.123 e. The highest BCUT2D eigenvalue weighted by Crippen LogP contribution is 2.24. The zero-order chi connectivity index (χ0) is 13.9. The van der Waals surface area contributed by atoms with Crippen LogP contribution in [0.4, 0.5) is 4.39 Å². The molecule has 106 valence electrons. The van der Waals surface area contributed by atoms with Crippen LogP contribution in [0.3, 0.4) is 0 Å². The molecule has 1 heterocycles. The maximum atomic E-state index is 13.4. The van der Waals surface area contributed by atoms with Crippen molar-refractivity contribution in [1.29, 1.82) is 0 Å². The van der Waals surface area contributed by atoms with E-state index in [0.29, 0.717) is 6.04 Å². The van der Waals surface area contributed by atoms with E-state index in [1.807, 2.05) is 19.3 Å². The van der Waals surface area contributed by atoms with Crippen LogP contribution in [-0.2, 0) is 13.5 Å². The summed E-state index contributed by atoms with van der Waals surface area (Å²) in [7, 11) is 1.86. The van der Waals surface area contributed by atoms with Gasteiger partial charge in [0.2, 0.25) is 0 Å². The first-order chi connectivity index (χ1) is 9.70. The van der Waals surface area contributed by atoms with Crippen LogP contribution in [0.1, 0.15) is 30.0 Å². The molecule has 0 bridgehead atoms. The molecule has 0 spiro atoms. The molecule has 5 heteroatoms. The van der Waals surface area contributed by atoms with Crippen molar-refractivity contribution in [2.75, 3.05) is 6.54 Å². The molecule has 20 heavy (non-hydrogen) atoms.